The van der Waals surface area contributed by atoms with E-state index in [2.05, 4.69) is 34.3 Å². The number of anilines is 1. The maximum absolute atomic E-state index is 5.43. The Morgan fingerprint density at radius 1 is 1.10 bits per heavy atom. The van der Waals surface area contributed by atoms with Crippen molar-refractivity contribution < 1.29 is 4.74 Å². The van der Waals surface area contributed by atoms with Crippen LogP contribution in [0.15, 0.2) is 30.3 Å². The first-order valence-electron chi connectivity index (χ1n) is 7.00. The molecule has 0 aliphatic rings. The fraction of sp³-hybridized carbons (Fsp3) is 0.375. The van der Waals surface area contributed by atoms with Crippen molar-refractivity contribution in [3.63, 3.8) is 0 Å². The van der Waals surface area contributed by atoms with Crippen molar-refractivity contribution in [1.82, 2.24) is 9.97 Å². The highest BCUT2D eigenvalue weighted by atomic mass is 16.5. The summed E-state index contributed by atoms with van der Waals surface area (Å²) in [6.45, 7) is 8.01. The van der Waals surface area contributed by atoms with Crippen LogP contribution in [-0.4, -0.2) is 23.1 Å². The average Bonchev–Trinajstić information content (AvgIpc) is 2.49. The second kappa shape index (κ2) is 7.01. The molecule has 4 heteroatoms. The second-order valence-corrected chi connectivity index (χ2v) is 4.50. The Labute approximate surface area is 120 Å². The Hall–Kier alpha value is -1.94. The van der Waals surface area contributed by atoms with Crippen molar-refractivity contribution in [2.75, 3.05) is 18.5 Å². The van der Waals surface area contributed by atoms with E-state index < -0.39 is 0 Å². The smallest absolute Gasteiger partial charge is 0.157 e. The summed E-state index contributed by atoms with van der Waals surface area (Å²) in [7, 11) is 0. The molecule has 106 valence electrons. The van der Waals surface area contributed by atoms with Gasteiger partial charge >= 0.3 is 0 Å². The Balaban J connectivity index is 2.45. The molecule has 1 aromatic heterocycles. The van der Waals surface area contributed by atoms with Crippen molar-refractivity contribution in [2.45, 2.75) is 27.4 Å². The molecule has 1 aromatic carbocycles. The van der Waals surface area contributed by atoms with Crippen LogP contribution in [0.5, 0.6) is 0 Å². The fourth-order valence-electron chi connectivity index (χ4n) is 2.04. The summed E-state index contributed by atoms with van der Waals surface area (Å²) in [4.78, 5) is 9.19. The summed E-state index contributed by atoms with van der Waals surface area (Å²) in [5, 5.41) is 3.30. The standard InChI is InChI=1S/C16H21N3O/c1-4-17-16-12(3)15(13-9-7-6-8-10-13)18-14(19-16)11-20-5-2/h6-10H,4-5,11H2,1-3H3,(H,17,18,19). The molecule has 0 aliphatic carbocycles. The number of nitrogens with zero attached hydrogens (tertiary/aromatic N) is 2. The molecule has 4 nitrogen and oxygen atoms in total. The molecular weight excluding hydrogens is 250 g/mol. The van der Waals surface area contributed by atoms with Crippen molar-refractivity contribution in [1.29, 1.82) is 0 Å². The zero-order valence-corrected chi connectivity index (χ0v) is 12.3. The van der Waals surface area contributed by atoms with E-state index in [-0.39, 0.29) is 0 Å². The minimum Gasteiger partial charge on any atom is -0.374 e. The van der Waals surface area contributed by atoms with E-state index in [9.17, 15) is 0 Å². The number of benzene rings is 1. The van der Waals surface area contributed by atoms with Gasteiger partial charge in [0.25, 0.3) is 0 Å². The highest BCUT2D eigenvalue weighted by Crippen LogP contribution is 2.25. The summed E-state index contributed by atoms with van der Waals surface area (Å²) < 4.78 is 5.43. The zero-order valence-electron chi connectivity index (χ0n) is 12.3. The van der Waals surface area contributed by atoms with Crippen LogP contribution in [0.3, 0.4) is 0 Å². The maximum Gasteiger partial charge on any atom is 0.157 e. The first-order chi connectivity index (χ1) is 9.76. The number of nitrogens with one attached hydrogen (secondary N) is 1. The quantitative estimate of drug-likeness (QED) is 0.874. The lowest BCUT2D eigenvalue weighted by atomic mass is 10.1. The molecule has 0 atom stereocenters. The van der Waals surface area contributed by atoms with Crippen molar-refractivity contribution in [2.24, 2.45) is 0 Å². The largest absolute Gasteiger partial charge is 0.374 e. The summed E-state index contributed by atoms with van der Waals surface area (Å²) in [5.74, 6) is 1.60. The van der Waals surface area contributed by atoms with Crippen LogP contribution in [-0.2, 0) is 11.3 Å². The maximum atomic E-state index is 5.43. The molecule has 2 aromatic rings. The van der Waals surface area contributed by atoms with Gasteiger partial charge in [-0.05, 0) is 20.8 Å². The van der Waals surface area contributed by atoms with Crippen LogP contribution >= 0.6 is 0 Å². The van der Waals surface area contributed by atoms with Gasteiger partial charge in [0.2, 0.25) is 0 Å². The topological polar surface area (TPSA) is 47.0 Å². The third kappa shape index (κ3) is 3.33. The van der Waals surface area contributed by atoms with Gasteiger partial charge in [0.05, 0.1) is 5.69 Å². The SMILES string of the molecule is CCNc1nc(COCC)nc(-c2ccccc2)c1C. The molecule has 0 saturated carbocycles. The normalized spacial score (nSPS) is 10.6. The van der Waals surface area contributed by atoms with Gasteiger partial charge in [0.1, 0.15) is 12.4 Å². The molecule has 0 saturated heterocycles. The van der Waals surface area contributed by atoms with Gasteiger partial charge in [-0.25, -0.2) is 9.97 Å². The van der Waals surface area contributed by atoms with Crippen LogP contribution < -0.4 is 5.32 Å². The number of aromatic nitrogens is 2. The first-order valence-corrected chi connectivity index (χ1v) is 7.00. The number of rotatable bonds is 6. The predicted octanol–water partition coefficient (Wildman–Crippen LogP) is 3.42. The molecule has 1 N–H and O–H groups in total. The van der Waals surface area contributed by atoms with Crippen molar-refractivity contribution in [3.05, 3.63) is 41.7 Å². The second-order valence-electron chi connectivity index (χ2n) is 4.50. The molecule has 1 heterocycles. The van der Waals surface area contributed by atoms with E-state index in [0.717, 1.165) is 29.2 Å². The Morgan fingerprint density at radius 2 is 1.85 bits per heavy atom. The monoisotopic (exact) mass is 271 g/mol. The zero-order chi connectivity index (χ0) is 14.4. The van der Waals surface area contributed by atoms with Crippen molar-refractivity contribution >= 4 is 5.82 Å². The molecule has 0 bridgehead atoms. The molecule has 20 heavy (non-hydrogen) atoms. The minimum atomic E-state index is 0.439. The average molecular weight is 271 g/mol. The molecule has 0 spiro atoms. The lowest BCUT2D eigenvalue weighted by Gasteiger charge is -2.13. The van der Waals surface area contributed by atoms with Gasteiger partial charge in [-0.15, -0.1) is 0 Å². The molecule has 2 rings (SSSR count). The van der Waals surface area contributed by atoms with Gasteiger partial charge in [-0.3, -0.25) is 0 Å². The Morgan fingerprint density at radius 3 is 2.50 bits per heavy atom. The fourth-order valence-corrected chi connectivity index (χ4v) is 2.04. The van der Waals surface area contributed by atoms with Crippen molar-refractivity contribution in [3.8, 4) is 11.3 Å². The summed E-state index contributed by atoms with van der Waals surface area (Å²) in [6, 6.07) is 10.2. The number of ether oxygens (including phenoxy) is 1. The first kappa shape index (κ1) is 14.5. The predicted molar refractivity (Wildman–Crippen MR) is 81.7 cm³/mol. The highest BCUT2D eigenvalue weighted by molar-refractivity contribution is 5.68. The van der Waals surface area contributed by atoms with Gasteiger partial charge < -0.3 is 10.1 Å². The van der Waals surface area contributed by atoms with Crippen LogP contribution in [0.2, 0.25) is 0 Å². The third-order valence-corrected chi connectivity index (χ3v) is 3.02. The summed E-state index contributed by atoms with van der Waals surface area (Å²) >= 11 is 0. The van der Waals surface area contributed by atoms with E-state index in [4.69, 9.17) is 4.74 Å². The van der Waals surface area contributed by atoms with E-state index in [1.165, 1.54) is 0 Å². The van der Waals surface area contributed by atoms with Crippen LogP contribution in [0, 0.1) is 6.92 Å². The highest BCUT2D eigenvalue weighted by Gasteiger charge is 2.12. The van der Waals surface area contributed by atoms with Gasteiger partial charge in [0, 0.05) is 24.3 Å². The molecule has 0 amide bonds. The minimum absolute atomic E-state index is 0.439. The third-order valence-electron chi connectivity index (χ3n) is 3.02. The summed E-state index contributed by atoms with van der Waals surface area (Å²) in [5.41, 5.74) is 3.13. The van der Waals surface area contributed by atoms with Crippen LogP contribution in [0.4, 0.5) is 5.82 Å². The molecule has 0 aliphatic heterocycles. The number of hydrogen-bond donors (Lipinski definition) is 1. The van der Waals surface area contributed by atoms with E-state index in [0.29, 0.717) is 19.0 Å². The Bertz CT molecular complexity index is 555. The van der Waals surface area contributed by atoms with Gasteiger partial charge in [-0.2, -0.15) is 0 Å². The summed E-state index contributed by atoms with van der Waals surface area (Å²) in [6.07, 6.45) is 0. The van der Waals surface area contributed by atoms with Crippen LogP contribution in [0.25, 0.3) is 11.3 Å². The van der Waals surface area contributed by atoms with Gasteiger partial charge in [-0.1, -0.05) is 30.3 Å². The molecule has 0 unspecified atom stereocenters. The lowest BCUT2D eigenvalue weighted by Crippen LogP contribution is -2.09. The van der Waals surface area contributed by atoms with E-state index in [1.54, 1.807) is 0 Å². The molecule has 0 radical (unpaired) electrons. The lowest BCUT2D eigenvalue weighted by molar-refractivity contribution is 0.128. The van der Waals surface area contributed by atoms with Crippen LogP contribution in [0.1, 0.15) is 25.2 Å². The number of hydrogen-bond acceptors (Lipinski definition) is 4. The Kier molecular flexibility index (Phi) is 5.07. The van der Waals surface area contributed by atoms with Gasteiger partial charge in [0.15, 0.2) is 5.82 Å². The molecule has 0 fully saturated rings. The van der Waals surface area contributed by atoms with E-state index in [1.807, 2.05) is 32.0 Å². The van der Waals surface area contributed by atoms with E-state index >= 15 is 0 Å². The molecular formula is C16H21N3O.